The fourth-order valence-corrected chi connectivity index (χ4v) is 2.25. The van der Waals surface area contributed by atoms with Gasteiger partial charge in [0.15, 0.2) is 0 Å². The van der Waals surface area contributed by atoms with Crippen molar-refractivity contribution in [1.82, 2.24) is 14.9 Å². The van der Waals surface area contributed by atoms with Crippen LogP contribution < -0.4 is 16.2 Å². The lowest BCUT2D eigenvalue weighted by Crippen LogP contribution is -2.32. The number of aromatic nitrogens is 2. The normalized spacial score (nSPS) is 15.3. The number of nitrogens with zero attached hydrogens (tertiary/aromatic N) is 5. The van der Waals surface area contributed by atoms with Gasteiger partial charge in [0, 0.05) is 20.1 Å². The second kappa shape index (κ2) is 6.44. The molecular weight excluding hydrogens is 262 g/mol. The number of hydrogen-bond donors (Lipinski definition) is 2. The van der Waals surface area contributed by atoms with Crippen molar-refractivity contribution < 1.29 is 4.92 Å². The Morgan fingerprint density at radius 1 is 1.55 bits per heavy atom. The lowest BCUT2D eigenvalue weighted by molar-refractivity contribution is -0.384. The zero-order chi connectivity index (χ0) is 14.5. The van der Waals surface area contributed by atoms with Crippen molar-refractivity contribution in [3.63, 3.8) is 0 Å². The van der Waals surface area contributed by atoms with Gasteiger partial charge in [-0.2, -0.15) is 4.98 Å². The van der Waals surface area contributed by atoms with E-state index in [9.17, 15) is 10.1 Å². The quantitative estimate of drug-likeness (QED) is 0.432. The summed E-state index contributed by atoms with van der Waals surface area (Å²) in [7, 11) is 1.78. The molecule has 1 fully saturated rings. The molecule has 1 saturated heterocycles. The van der Waals surface area contributed by atoms with Crippen molar-refractivity contribution in [3.05, 3.63) is 16.3 Å². The van der Waals surface area contributed by atoms with Crippen LogP contribution in [0.2, 0.25) is 0 Å². The summed E-state index contributed by atoms with van der Waals surface area (Å²) in [4.78, 5) is 22.5. The van der Waals surface area contributed by atoms with Gasteiger partial charge in [-0.3, -0.25) is 15.5 Å². The lowest BCUT2D eigenvalue weighted by Gasteiger charge is -2.22. The maximum absolute atomic E-state index is 11.0. The molecule has 0 atom stereocenters. The molecule has 1 aliphatic heterocycles. The molecule has 110 valence electrons. The smallest absolute Gasteiger partial charge is 0.329 e. The van der Waals surface area contributed by atoms with Gasteiger partial charge in [-0.25, -0.2) is 10.8 Å². The molecule has 0 spiro atoms. The zero-order valence-electron chi connectivity index (χ0n) is 11.4. The largest absolute Gasteiger partial charge is 0.353 e. The van der Waals surface area contributed by atoms with Crippen molar-refractivity contribution in [2.24, 2.45) is 5.84 Å². The average Bonchev–Trinajstić information content (AvgIpc) is 2.97. The Kier molecular flexibility index (Phi) is 4.64. The molecule has 0 aromatic carbocycles. The Hall–Kier alpha value is -2.00. The van der Waals surface area contributed by atoms with Crippen molar-refractivity contribution in [1.29, 1.82) is 0 Å². The molecular formula is C11H19N7O2. The molecule has 2 rings (SSSR count). The predicted molar refractivity (Wildman–Crippen MR) is 75.4 cm³/mol. The molecule has 0 bridgehead atoms. The molecule has 0 unspecified atom stereocenters. The maximum atomic E-state index is 11.0. The molecule has 1 aliphatic rings. The monoisotopic (exact) mass is 281 g/mol. The van der Waals surface area contributed by atoms with Gasteiger partial charge in [0.2, 0.25) is 11.8 Å². The predicted octanol–water partition coefficient (Wildman–Crippen LogP) is 0.202. The van der Waals surface area contributed by atoms with Gasteiger partial charge in [-0.1, -0.05) is 0 Å². The van der Waals surface area contributed by atoms with E-state index in [1.807, 2.05) is 0 Å². The van der Waals surface area contributed by atoms with Crippen LogP contribution in [0.25, 0.3) is 0 Å². The van der Waals surface area contributed by atoms with Crippen LogP contribution in [-0.4, -0.2) is 53.0 Å². The number of anilines is 2. The Balaban J connectivity index is 2.09. The van der Waals surface area contributed by atoms with Crippen LogP contribution in [0.4, 0.5) is 17.5 Å². The highest BCUT2D eigenvalue weighted by atomic mass is 16.6. The fourth-order valence-electron chi connectivity index (χ4n) is 2.25. The van der Waals surface area contributed by atoms with Gasteiger partial charge >= 0.3 is 5.69 Å². The summed E-state index contributed by atoms with van der Waals surface area (Å²) in [6, 6.07) is 0. The van der Waals surface area contributed by atoms with E-state index in [0.29, 0.717) is 6.54 Å². The third-order valence-electron chi connectivity index (χ3n) is 3.39. The van der Waals surface area contributed by atoms with Crippen molar-refractivity contribution in [2.75, 3.05) is 43.6 Å². The third-order valence-corrected chi connectivity index (χ3v) is 3.39. The standard InChI is InChI=1S/C11H19N7O2/c1-16(6-7-17-4-2-3-5-17)10-9(18(19)20)8-13-11(14-10)15-12/h8H,2-7,12H2,1H3,(H,13,14,15). The summed E-state index contributed by atoms with van der Waals surface area (Å²) in [6.07, 6.45) is 3.61. The van der Waals surface area contributed by atoms with Gasteiger partial charge in [0.1, 0.15) is 6.20 Å². The topological polar surface area (TPSA) is 113 Å². The summed E-state index contributed by atoms with van der Waals surface area (Å²) in [6.45, 7) is 3.72. The highest BCUT2D eigenvalue weighted by Crippen LogP contribution is 2.24. The minimum atomic E-state index is -0.484. The summed E-state index contributed by atoms with van der Waals surface area (Å²) in [5.74, 6) is 5.69. The number of likely N-dealkylation sites (tertiary alicyclic amines) is 1. The Labute approximate surface area is 116 Å². The van der Waals surface area contributed by atoms with E-state index < -0.39 is 4.92 Å². The zero-order valence-corrected chi connectivity index (χ0v) is 11.4. The van der Waals surface area contributed by atoms with Crippen LogP contribution >= 0.6 is 0 Å². The summed E-state index contributed by atoms with van der Waals surface area (Å²) < 4.78 is 0. The summed E-state index contributed by atoms with van der Waals surface area (Å²) in [5, 5.41) is 11.0. The van der Waals surface area contributed by atoms with Crippen molar-refractivity contribution in [3.8, 4) is 0 Å². The van der Waals surface area contributed by atoms with Gasteiger partial charge in [-0.05, 0) is 25.9 Å². The third kappa shape index (κ3) is 3.31. The highest BCUT2D eigenvalue weighted by molar-refractivity contribution is 5.58. The minimum absolute atomic E-state index is 0.118. The molecule has 2 heterocycles. The molecule has 20 heavy (non-hydrogen) atoms. The molecule has 0 saturated carbocycles. The van der Waals surface area contributed by atoms with Gasteiger partial charge in [-0.15, -0.1) is 0 Å². The van der Waals surface area contributed by atoms with E-state index in [2.05, 4.69) is 20.3 Å². The first kappa shape index (κ1) is 14.4. The summed E-state index contributed by atoms with van der Waals surface area (Å²) in [5.41, 5.74) is 2.19. The number of nitrogen functional groups attached to an aromatic ring is 1. The van der Waals surface area contributed by atoms with E-state index in [4.69, 9.17) is 5.84 Å². The first-order valence-corrected chi connectivity index (χ1v) is 6.53. The van der Waals surface area contributed by atoms with E-state index in [1.165, 1.54) is 19.0 Å². The number of rotatable bonds is 6. The second-order valence-corrected chi connectivity index (χ2v) is 4.77. The molecule has 0 amide bonds. The van der Waals surface area contributed by atoms with E-state index >= 15 is 0 Å². The Morgan fingerprint density at radius 2 is 2.25 bits per heavy atom. The Morgan fingerprint density at radius 3 is 2.85 bits per heavy atom. The van der Waals surface area contributed by atoms with Gasteiger partial charge in [0.05, 0.1) is 4.92 Å². The van der Waals surface area contributed by atoms with Crippen LogP contribution in [0.3, 0.4) is 0 Å². The SMILES string of the molecule is CN(CCN1CCCC1)c1nc(NN)ncc1[N+](=O)[O-]. The van der Waals surface area contributed by atoms with Crippen molar-refractivity contribution >= 4 is 17.5 Å². The highest BCUT2D eigenvalue weighted by Gasteiger charge is 2.21. The van der Waals surface area contributed by atoms with Crippen LogP contribution in [0.1, 0.15) is 12.8 Å². The first-order chi connectivity index (χ1) is 9.61. The molecule has 3 N–H and O–H groups in total. The molecule has 9 nitrogen and oxygen atoms in total. The van der Waals surface area contributed by atoms with Crippen LogP contribution in [0.15, 0.2) is 6.20 Å². The van der Waals surface area contributed by atoms with Crippen LogP contribution in [0.5, 0.6) is 0 Å². The molecule has 1 aromatic rings. The van der Waals surface area contributed by atoms with Crippen LogP contribution in [0, 0.1) is 10.1 Å². The van der Waals surface area contributed by atoms with Crippen molar-refractivity contribution in [2.45, 2.75) is 12.8 Å². The van der Waals surface area contributed by atoms with Crippen LogP contribution in [-0.2, 0) is 0 Å². The molecule has 1 aromatic heterocycles. The lowest BCUT2D eigenvalue weighted by atomic mass is 10.4. The first-order valence-electron chi connectivity index (χ1n) is 6.53. The minimum Gasteiger partial charge on any atom is -0.353 e. The average molecular weight is 281 g/mol. The van der Waals surface area contributed by atoms with Gasteiger partial charge in [0.25, 0.3) is 0 Å². The fraction of sp³-hybridized carbons (Fsp3) is 0.636. The van der Waals surface area contributed by atoms with E-state index in [-0.39, 0.29) is 17.5 Å². The maximum Gasteiger partial charge on any atom is 0.329 e. The summed E-state index contributed by atoms with van der Waals surface area (Å²) >= 11 is 0. The number of hydrogen-bond acceptors (Lipinski definition) is 8. The van der Waals surface area contributed by atoms with Gasteiger partial charge < -0.3 is 9.80 Å². The number of hydrazine groups is 1. The molecule has 0 aliphatic carbocycles. The number of likely N-dealkylation sites (N-methyl/N-ethyl adjacent to an activating group) is 1. The number of nitrogens with two attached hydrogens (primary N) is 1. The molecule has 9 heteroatoms. The Bertz CT molecular complexity index is 476. The molecule has 0 radical (unpaired) electrons. The number of nitro groups is 1. The van der Waals surface area contributed by atoms with E-state index in [0.717, 1.165) is 19.6 Å². The second-order valence-electron chi connectivity index (χ2n) is 4.77. The van der Waals surface area contributed by atoms with E-state index in [1.54, 1.807) is 11.9 Å². The number of nitrogens with one attached hydrogen (secondary N) is 1.